The van der Waals surface area contributed by atoms with Gasteiger partial charge in [0.1, 0.15) is 11.6 Å². The third-order valence-electron chi connectivity index (χ3n) is 3.39. The molecule has 112 valence electrons. The molecule has 5 heteroatoms. The topological polar surface area (TPSA) is 21.3 Å². The summed E-state index contributed by atoms with van der Waals surface area (Å²) in [5.41, 5.74) is 1.39. The maximum absolute atomic E-state index is 13.9. The summed E-state index contributed by atoms with van der Waals surface area (Å²) in [7, 11) is 3.39. The van der Waals surface area contributed by atoms with E-state index in [4.69, 9.17) is 27.9 Å². The minimum Gasteiger partial charge on any atom is -0.496 e. The zero-order valence-electron chi connectivity index (χ0n) is 11.8. The van der Waals surface area contributed by atoms with Gasteiger partial charge in [-0.3, -0.25) is 0 Å². The van der Waals surface area contributed by atoms with Crippen LogP contribution in [0.3, 0.4) is 0 Å². The predicted octanol–water partition coefficient (Wildman–Crippen LogP) is 4.64. The van der Waals surface area contributed by atoms with Crippen molar-refractivity contribution in [1.82, 2.24) is 5.32 Å². The molecule has 0 radical (unpaired) electrons. The van der Waals surface area contributed by atoms with E-state index in [1.165, 1.54) is 6.07 Å². The van der Waals surface area contributed by atoms with Gasteiger partial charge in [-0.25, -0.2) is 4.39 Å². The fourth-order valence-electron chi connectivity index (χ4n) is 2.27. The largest absolute Gasteiger partial charge is 0.496 e. The minimum atomic E-state index is -0.310. The van der Waals surface area contributed by atoms with Gasteiger partial charge in [-0.15, -0.1) is 0 Å². The van der Waals surface area contributed by atoms with Gasteiger partial charge in [0.05, 0.1) is 7.11 Å². The number of rotatable bonds is 5. The van der Waals surface area contributed by atoms with Crippen LogP contribution in [0.1, 0.15) is 17.2 Å². The molecule has 2 aromatic rings. The van der Waals surface area contributed by atoms with Crippen molar-refractivity contribution in [1.29, 1.82) is 0 Å². The molecule has 0 saturated carbocycles. The van der Waals surface area contributed by atoms with Crippen LogP contribution < -0.4 is 10.1 Å². The highest BCUT2D eigenvalue weighted by Gasteiger charge is 2.18. The second kappa shape index (κ2) is 7.12. The molecule has 0 aromatic heterocycles. The molecule has 0 amide bonds. The summed E-state index contributed by atoms with van der Waals surface area (Å²) >= 11 is 12.1. The predicted molar refractivity (Wildman–Crippen MR) is 84.9 cm³/mol. The number of nitrogens with one attached hydrogen (secondary N) is 1. The van der Waals surface area contributed by atoms with Crippen molar-refractivity contribution in [3.05, 3.63) is 63.4 Å². The first-order chi connectivity index (χ1) is 10.1. The minimum absolute atomic E-state index is 0.133. The average molecular weight is 328 g/mol. The highest BCUT2D eigenvalue weighted by Crippen LogP contribution is 2.32. The Hall–Kier alpha value is -1.29. The van der Waals surface area contributed by atoms with Gasteiger partial charge in [0.15, 0.2) is 0 Å². The summed E-state index contributed by atoms with van der Waals surface area (Å²) in [6, 6.07) is 9.96. The molecular formula is C16H16Cl2FNO. The zero-order chi connectivity index (χ0) is 15.4. The molecular weight excluding hydrogens is 312 g/mol. The van der Waals surface area contributed by atoms with Crippen LogP contribution in [0.25, 0.3) is 0 Å². The van der Waals surface area contributed by atoms with E-state index >= 15 is 0 Å². The Bertz CT molecular complexity index is 613. The maximum atomic E-state index is 13.9. The lowest BCUT2D eigenvalue weighted by atomic mass is 9.97. The van der Waals surface area contributed by atoms with E-state index < -0.39 is 0 Å². The second-order valence-corrected chi connectivity index (χ2v) is 5.48. The second-order valence-electron chi connectivity index (χ2n) is 4.63. The van der Waals surface area contributed by atoms with Crippen LogP contribution in [-0.2, 0) is 6.42 Å². The van der Waals surface area contributed by atoms with Gasteiger partial charge in [0.25, 0.3) is 0 Å². The SMILES string of the molecule is CNC(Cc1c(F)cccc1Cl)c1ccc(Cl)cc1OC. The van der Waals surface area contributed by atoms with Gasteiger partial charge >= 0.3 is 0 Å². The number of hydrogen-bond donors (Lipinski definition) is 1. The first-order valence-corrected chi connectivity index (χ1v) is 7.26. The summed E-state index contributed by atoms with van der Waals surface area (Å²) in [5.74, 6) is 0.352. The van der Waals surface area contributed by atoms with Gasteiger partial charge in [-0.1, -0.05) is 35.3 Å². The molecule has 0 heterocycles. The molecule has 0 fully saturated rings. The Morgan fingerprint density at radius 2 is 2.00 bits per heavy atom. The van der Waals surface area contributed by atoms with Crippen LogP contribution in [0.15, 0.2) is 36.4 Å². The van der Waals surface area contributed by atoms with Crippen LogP contribution in [-0.4, -0.2) is 14.2 Å². The Balaban J connectivity index is 2.37. The molecule has 21 heavy (non-hydrogen) atoms. The quantitative estimate of drug-likeness (QED) is 0.863. The molecule has 2 rings (SSSR count). The van der Waals surface area contributed by atoms with Gasteiger partial charge in [0.2, 0.25) is 0 Å². The lowest BCUT2D eigenvalue weighted by Crippen LogP contribution is -2.20. The Labute approximate surface area is 133 Å². The fraction of sp³-hybridized carbons (Fsp3) is 0.250. The summed E-state index contributed by atoms with van der Waals surface area (Å²) < 4.78 is 19.3. The number of methoxy groups -OCH3 is 1. The third kappa shape index (κ3) is 3.67. The lowest BCUT2D eigenvalue weighted by Gasteiger charge is -2.20. The van der Waals surface area contributed by atoms with E-state index in [9.17, 15) is 4.39 Å². The van der Waals surface area contributed by atoms with Crippen LogP contribution in [0.2, 0.25) is 10.0 Å². The zero-order valence-corrected chi connectivity index (χ0v) is 13.3. The Morgan fingerprint density at radius 1 is 1.24 bits per heavy atom. The number of ether oxygens (including phenoxy) is 1. The molecule has 0 saturated heterocycles. The molecule has 1 N–H and O–H groups in total. The summed E-state index contributed by atoms with van der Waals surface area (Å²) in [4.78, 5) is 0. The van der Waals surface area contributed by atoms with E-state index in [2.05, 4.69) is 5.32 Å². The summed E-state index contributed by atoms with van der Waals surface area (Å²) in [6.45, 7) is 0. The molecule has 0 aliphatic carbocycles. The maximum Gasteiger partial charge on any atom is 0.127 e. The molecule has 1 atom stereocenters. The van der Waals surface area contributed by atoms with E-state index in [1.807, 2.05) is 13.1 Å². The third-order valence-corrected chi connectivity index (χ3v) is 3.98. The summed E-state index contributed by atoms with van der Waals surface area (Å²) in [6.07, 6.45) is 0.417. The van der Waals surface area contributed by atoms with Crippen molar-refractivity contribution in [2.75, 3.05) is 14.2 Å². The van der Waals surface area contributed by atoms with E-state index in [0.29, 0.717) is 27.8 Å². The normalized spacial score (nSPS) is 12.2. The van der Waals surface area contributed by atoms with Crippen molar-refractivity contribution < 1.29 is 9.13 Å². The smallest absolute Gasteiger partial charge is 0.127 e. The van der Waals surface area contributed by atoms with E-state index in [1.54, 1.807) is 31.4 Å². The lowest BCUT2D eigenvalue weighted by molar-refractivity contribution is 0.400. The molecule has 2 nitrogen and oxygen atoms in total. The molecule has 0 bridgehead atoms. The van der Waals surface area contributed by atoms with Gasteiger partial charge in [-0.05, 0) is 37.7 Å². The summed E-state index contributed by atoms with van der Waals surface area (Å²) in [5, 5.41) is 4.18. The number of hydrogen-bond acceptors (Lipinski definition) is 2. The molecule has 2 aromatic carbocycles. The number of halogens is 3. The molecule has 0 aliphatic rings. The first-order valence-electron chi connectivity index (χ1n) is 6.50. The average Bonchev–Trinajstić information content (AvgIpc) is 2.47. The number of benzene rings is 2. The first kappa shape index (κ1) is 16.1. The van der Waals surface area contributed by atoms with Crippen LogP contribution >= 0.6 is 23.2 Å². The van der Waals surface area contributed by atoms with Gasteiger partial charge in [-0.2, -0.15) is 0 Å². The number of likely N-dealkylation sites (N-methyl/N-ethyl adjacent to an activating group) is 1. The molecule has 0 spiro atoms. The van der Waals surface area contributed by atoms with Crippen molar-refractivity contribution in [3.8, 4) is 5.75 Å². The fourth-order valence-corrected chi connectivity index (χ4v) is 2.67. The van der Waals surface area contributed by atoms with E-state index in [-0.39, 0.29) is 11.9 Å². The van der Waals surface area contributed by atoms with Crippen molar-refractivity contribution in [2.45, 2.75) is 12.5 Å². The highest BCUT2D eigenvalue weighted by molar-refractivity contribution is 6.31. The van der Waals surface area contributed by atoms with Gasteiger partial charge < -0.3 is 10.1 Å². The Kier molecular flexibility index (Phi) is 5.45. The van der Waals surface area contributed by atoms with Crippen molar-refractivity contribution in [2.24, 2.45) is 0 Å². The van der Waals surface area contributed by atoms with Crippen molar-refractivity contribution >= 4 is 23.2 Å². The van der Waals surface area contributed by atoms with Crippen LogP contribution in [0.4, 0.5) is 4.39 Å². The van der Waals surface area contributed by atoms with Crippen LogP contribution in [0, 0.1) is 5.82 Å². The molecule has 0 aliphatic heterocycles. The molecule has 1 unspecified atom stereocenters. The monoisotopic (exact) mass is 327 g/mol. The standard InChI is InChI=1S/C16H16Cl2FNO/c1-20-15(9-12-13(18)4-3-5-14(12)19)11-7-6-10(17)8-16(11)21-2/h3-8,15,20H,9H2,1-2H3. The van der Waals surface area contributed by atoms with E-state index in [0.717, 1.165) is 5.56 Å². The Morgan fingerprint density at radius 3 is 2.62 bits per heavy atom. The van der Waals surface area contributed by atoms with Crippen LogP contribution in [0.5, 0.6) is 5.75 Å². The van der Waals surface area contributed by atoms with Crippen molar-refractivity contribution in [3.63, 3.8) is 0 Å². The van der Waals surface area contributed by atoms with Gasteiger partial charge in [0, 0.05) is 27.2 Å². The highest BCUT2D eigenvalue weighted by atomic mass is 35.5.